The van der Waals surface area contributed by atoms with Crippen molar-refractivity contribution in [3.05, 3.63) is 72.6 Å². The zero-order chi connectivity index (χ0) is 16.8. The fourth-order valence-electron chi connectivity index (χ4n) is 2.31. The molecule has 0 unspecified atom stereocenters. The third-order valence-corrected chi connectivity index (χ3v) is 3.42. The van der Waals surface area contributed by atoms with E-state index in [2.05, 4.69) is 15.3 Å². The number of carbonyl (C=O) groups excluding carboxylic acids is 1. The fraction of sp³-hybridized carbons (Fsp3) is 0.105. The van der Waals surface area contributed by atoms with Gasteiger partial charge in [0.2, 0.25) is 0 Å². The van der Waals surface area contributed by atoms with Gasteiger partial charge in [0.05, 0.1) is 23.6 Å². The number of ether oxygens (including phenoxy) is 1. The smallest absolute Gasteiger partial charge is 0.340 e. The summed E-state index contributed by atoms with van der Waals surface area (Å²) < 4.78 is 5.09. The van der Waals surface area contributed by atoms with Crippen LogP contribution in [0.5, 0.6) is 0 Å². The van der Waals surface area contributed by atoms with Gasteiger partial charge in [0.25, 0.3) is 0 Å². The molecule has 0 aliphatic heterocycles. The summed E-state index contributed by atoms with van der Waals surface area (Å²) in [6, 6.07) is 18.9. The quantitative estimate of drug-likeness (QED) is 0.683. The van der Waals surface area contributed by atoms with Crippen LogP contribution in [-0.2, 0) is 4.74 Å². The Kier molecular flexibility index (Phi) is 6.48. The summed E-state index contributed by atoms with van der Waals surface area (Å²) in [5, 5.41) is 3.17. The minimum Gasteiger partial charge on any atom is -0.462 e. The molecular weight excluding hydrogens is 338 g/mol. The Bertz CT molecular complexity index is 841. The molecule has 128 valence electrons. The average molecular weight is 356 g/mol. The van der Waals surface area contributed by atoms with E-state index < -0.39 is 0 Å². The van der Waals surface area contributed by atoms with Crippen LogP contribution in [0, 0.1) is 0 Å². The van der Waals surface area contributed by atoms with Crippen LogP contribution in [0.2, 0.25) is 0 Å². The highest BCUT2D eigenvalue weighted by atomic mass is 35.5. The highest BCUT2D eigenvalue weighted by Crippen LogP contribution is 2.23. The summed E-state index contributed by atoms with van der Waals surface area (Å²) in [4.78, 5) is 20.6. The maximum absolute atomic E-state index is 12.0. The Morgan fingerprint density at radius 2 is 1.76 bits per heavy atom. The number of aromatic nitrogens is 2. The van der Waals surface area contributed by atoms with Crippen LogP contribution >= 0.6 is 12.4 Å². The molecule has 1 aromatic heterocycles. The Morgan fingerprint density at radius 1 is 1.04 bits per heavy atom. The Labute approximate surface area is 152 Å². The van der Waals surface area contributed by atoms with Gasteiger partial charge in [-0.1, -0.05) is 42.5 Å². The summed E-state index contributed by atoms with van der Waals surface area (Å²) in [5.74, 6) is 0.249. The number of hydrogen-bond donors (Lipinski definition) is 1. The Hall–Kier alpha value is -2.92. The van der Waals surface area contributed by atoms with Crippen molar-refractivity contribution >= 4 is 29.9 Å². The molecule has 0 saturated carbocycles. The highest BCUT2D eigenvalue weighted by molar-refractivity contribution is 5.96. The van der Waals surface area contributed by atoms with Crippen molar-refractivity contribution in [3.8, 4) is 11.3 Å². The summed E-state index contributed by atoms with van der Waals surface area (Å²) in [6.45, 7) is 2.11. The monoisotopic (exact) mass is 355 g/mol. The number of rotatable bonds is 5. The lowest BCUT2D eigenvalue weighted by molar-refractivity contribution is 0.0527. The molecule has 0 fully saturated rings. The van der Waals surface area contributed by atoms with E-state index in [0.29, 0.717) is 23.7 Å². The zero-order valence-corrected chi connectivity index (χ0v) is 14.5. The molecule has 0 atom stereocenters. The largest absolute Gasteiger partial charge is 0.462 e. The minimum atomic E-state index is -0.363. The van der Waals surface area contributed by atoms with Gasteiger partial charge in [0, 0.05) is 11.6 Å². The number of anilines is 2. The first kappa shape index (κ1) is 18.4. The number of halogens is 1. The lowest BCUT2D eigenvalue weighted by Crippen LogP contribution is -2.08. The second-order valence-corrected chi connectivity index (χ2v) is 5.05. The first-order valence-corrected chi connectivity index (χ1v) is 7.68. The number of para-hydroxylation sites is 1. The predicted octanol–water partition coefficient (Wildman–Crippen LogP) is 4.49. The highest BCUT2D eigenvalue weighted by Gasteiger charge is 2.12. The van der Waals surface area contributed by atoms with Gasteiger partial charge in [0.15, 0.2) is 0 Å². The molecule has 0 aliphatic carbocycles. The molecule has 6 heteroatoms. The summed E-state index contributed by atoms with van der Waals surface area (Å²) in [6.07, 6.45) is 1.50. The normalized spacial score (nSPS) is 9.80. The SMILES string of the molecule is CCOC(=O)c1ccccc1Nc1cc(-c2ccccc2)ncn1.Cl. The van der Waals surface area contributed by atoms with Gasteiger partial charge in [0.1, 0.15) is 12.1 Å². The van der Waals surface area contributed by atoms with Crippen molar-refractivity contribution in [1.29, 1.82) is 0 Å². The first-order chi connectivity index (χ1) is 11.8. The molecule has 0 bridgehead atoms. The summed E-state index contributed by atoms with van der Waals surface area (Å²) >= 11 is 0. The van der Waals surface area contributed by atoms with Crippen molar-refractivity contribution in [2.24, 2.45) is 0 Å². The summed E-state index contributed by atoms with van der Waals surface area (Å²) in [7, 11) is 0. The molecule has 0 amide bonds. The number of esters is 1. The standard InChI is InChI=1S/C19H17N3O2.ClH/c1-2-24-19(23)15-10-6-7-11-16(15)22-18-12-17(20-13-21-18)14-8-4-3-5-9-14;/h3-13H,2H2,1H3,(H,20,21,22);1H. The second kappa shape index (κ2) is 8.80. The second-order valence-electron chi connectivity index (χ2n) is 5.05. The number of nitrogens with one attached hydrogen (secondary N) is 1. The summed E-state index contributed by atoms with van der Waals surface area (Å²) in [5.41, 5.74) is 2.93. The third-order valence-electron chi connectivity index (χ3n) is 3.42. The number of benzene rings is 2. The minimum absolute atomic E-state index is 0. The molecule has 0 radical (unpaired) electrons. The lowest BCUT2D eigenvalue weighted by atomic mass is 10.1. The maximum Gasteiger partial charge on any atom is 0.340 e. The lowest BCUT2D eigenvalue weighted by Gasteiger charge is -2.11. The molecule has 0 spiro atoms. The van der Waals surface area contributed by atoms with Gasteiger partial charge in [-0.25, -0.2) is 14.8 Å². The van der Waals surface area contributed by atoms with E-state index in [1.165, 1.54) is 6.33 Å². The number of hydrogen-bond acceptors (Lipinski definition) is 5. The Balaban J connectivity index is 0.00000225. The number of carbonyl (C=O) groups is 1. The van der Waals surface area contributed by atoms with Crippen LogP contribution < -0.4 is 5.32 Å². The van der Waals surface area contributed by atoms with Crippen molar-refractivity contribution in [2.45, 2.75) is 6.92 Å². The van der Waals surface area contributed by atoms with E-state index in [1.54, 1.807) is 19.1 Å². The molecule has 0 saturated heterocycles. The van der Waals surface area contributed by atoms with Gasteiger partial charge >= 0.3 is 5.97 Å². The average Bonchev–Trinajstić information content (AvgIpc) is 2.63. The molecule has 3 rings (SSSR count). The van der Waals surface area contributed by atoms with E-state index in [9.17, 15) is 4.79 Å². The van der Waals surface area contributed by atoms with Gasteiger partial charge in [-0.2, -0.15) is 0 Å². The Morgan fingerprint density at radius 3 is 2.52 bits per heavy atom. The molecule has 0 aliphatic rings. The van der Waals surface area contributed by atoms with Crippen molar-refractivity contribution < 1.29 is 9.53 Å². The molecular formula is C19H18ClN3O2. The first-order valence-electron chi connectivity index (χ1n) is 7.68. The van der Waals surface area contributed by atoms with Gasteiger partial charge in [-0.15, -0.1) is 12.4 Å². The van der Waals surface area contributed by atoms with Crippen molar-refractivity contribution in [1.82, 2.24) is 9.97 Å². The van der Waals surface area contributed by atoms with Crippen LogP contribution in [0.15, 0.2) is 67.0 Å². The van der Waals surface area contributed by atoms with Crippen molar-refractivity contribution in [2.75, 3.05) is 11.9 Å². The van der Waals surface area contributed by atoms with E-state index in [-0.39, 0.29) is 18.4 Å². The molecule has 5 nitrogen and oxygen atoms in total. The van der Waals surface area contributed by atoms with Crippen LogP contribution in [0.4, 0.5) is 11.5 Å². The zero-order valence-electron chi connectivity index (χ0n) is 13.7. The van der Waals surface area contributed by atoms with E-state index in [0.717, 1.165) is 11.3 Å². The topological polar surface area (TPSA) is 64.1 Å². The van der Waals surface area contributed by atoms with Crippen LogP contribution in [0.1, 0.15) is 17.3 Å². The van der Waals surface area contributed by atoms with Gasteiger partial charge in [-0.3, -0.25) is 0 Å². The van der Waals surface area contributed by atoms with Crippen molar-refractivity contribution in [3.63, 3.8) is 0 Å². The molecule has 1 heterocycles. The van der Waals surface area contributed by atoms with Gasteiger partial charge < -0.3 is 10.1 Å². The predicted molar refractivity (Wildman–Crippen MR) is 100 cm³/mol. The van der Waals surface area contributed by atoms with E-state index in [4.69, 9.17) is 4.74 Å². The number of nitrogens with zero attached hydrogens (tertiary/aromatic N) is 2. The van der Waals surface area contributed by atoms with Gasteiger partial charge in [-0.05, 0) is 19.1 Å². The van der Waals surface area contributed by atoms with Crippen LogP contribution in [0.3, 0.4) is 0 Å². The maximum atomic E-state index is 12.0. The molecule has 25 heavy (non-hydrogen) atoms. The molecule has 3 aromatic rings. The third kappa shape index (κ3) is 4.55. The molecule has 2 aromatic carbocycles. The van der Waals surface area contributed by atoms with E-state index in [1.807, 2.05) is 48.5 Å². The fourth-order valence-corrected chi connectivity index (χ4v) is 2.31. The van der Waals surface area contributed by atoms with E-state index >= 15 is 0 Å². The van der Waals surface area contributed by atoms with Crippen LogP contribution in [-0.4, -0.2) is 22.5 Å². The molecule has 1 N–H and O–H groups in total. The van der Waals surface area contributed by atoms with Crippen LogP contribution in [0.25, 0.3) is 11.3 Å².